The first-order chi connectivity index (χ1) is 9.83. The average Bonchev–Trinajstić information content (AvgIpc) is 2.72. The van der Waals surface area contributed by atoms with Gasteiger partial charge in [-0.15, -0.1) is 5.10 Å². The van der Waals surface area contributed by atoms with Gasteiger partial charge in [0.15, 0.2) is 0 Å². The van der Waals surface area contributed by atoms with Gasteiger partial charge in [-0.2, -0.15) is 0 Å². The Balaban J connectivity index is 1.57. The summed E-state index contributed by atoms with van der Waals surface area (Å²) in [5, 5.41) is 4.14. The maximum absolute atomic E-state index is 6.12. The van der Waals surface area contributed by atoms with Crippen molar-refractivity contribution in [3.8, 4) is 0 Å². The lowest BCUT2D eigenvalue weighted by Crippen LogP contribution is -2.48. The van der Waals surface area contributed by atoms with E-state index in [4.69, 9.17) is 11.6 Å². The number of nitrogens with zero attached hydrogens (tertiary/aromatic N) is 4. The molecule has 1 unspecified atom stereocenters. The molecule has 4 nitrogen and oxygen atoms in total. The van der Waals surface area contributed by atoms with E-state index in [0.717, 1.165) is 35.7 Å². The Bertz CT molecular complexity index is 417. The summed E-state index contributed by atoms with van der Waals surface area (Å²) >= 11 is 7.41. The topological polar surface area (TPSA) is 32.3 Å². The minimum Gasteiger partial charge on any atom is -0.299 e. The zero-order valence-electron chi connectivity index (χ0n) is 11.9. The third kappa shape index (κ3) is 3.70. The molecule has 0 bridgehead atoms. The summed E-state index contributed by atoms with van der Waals surface area (Å²) in [7, 11) is 0. The number of piperidine rings is 1. The molecular formula is C14H23ClN4S. The highest BCUT2D eigenvalue weighted by Gasteiger charge is 2.26. The molecule has 0 spiro atoms. The summed E-state index contributed by atoms with van der Waals surface area (Å²) in [5.41, 5.74) is 0.952. The fourth-order valence-corrected chi connectivity index (χ4v) is 4.05. The molecule has 0 N–H and O–H groups in total. The van der Waals surface area contributed by atoms with Crippen LogP contribution in [0.15, 0.2) is 0 Å². The second kappa shape index (κ2) is 7.16. The summed E-state index contributed by atoms with van der Waals surface area (Å²) in [6.45, 7) is 5.76. The van der Waals surface area contributed by atoms with Gasteiger partial charge in [0.1, 0.15) is 10.0 Å². The Morgan fingerprint density at radius 3 is 2.60 bits per heavy atom. The number of halogens is 1. The number of likely N-dealkylation sites (tertiary alicyclic amines) is 2. The van der Waals surface area contributed by atoms with Crippen LogP contribution in [0.5, 0.6) is 0 Å². The van der Waals surface area contributed by atoms with E-state index in [0.29, 0.717) is 0 Å². The predicted octanol–water partition coefficient (Wildman–Crippen LogP) is 3.03. The van der Waals surface area contributed by atoms with Crippen LogP contribution in [0.4, 0.5) is 0 Å². The number of hydrogen-bond acceptors (Lipinski definition) is 5. The molecule has 2 aliphatic rings. The molecule has 2 saturated heterocycles. The number of aromatic nitrogens is 2. The van der Waals surface area contributed by atoms with Gasteiger partial charge in [0, 0.05) is 30.7 Å². The van der Waals surface area contributed by atoms with Gasteiger partial charge in [0.25, 0.3) is 0 Å². The maximum Gasteiger partial charge on any atom is 0.138 e. The van der Waals surface area contributed by atoms with Crippen LogP contribution < -0.4 is 0 Å². The Hall–Kier alpha value is -0.230. The fraction of sp³-hybridized carbons (Fsp3) is 0.857. The van der Waals surface area contributed by atoms with Crippen LogP contribution in [0.2, 0.25) is 4.34 Å². The molecule has 3 rings (SSSR count). The maximum atomic E-state index is 6.12. The lowest BCUT2D eigenvalue weighted by atomic mass is 10.0. The van der Waals surface area contributed by atoms with Crippen molar-refractivity contribution in [2.75, 3.05) is 26.2 Å². The Kier molecular flexibility index (Phi) is 5.26. The summed E-state index contributed by atoms with van der Waals surface area (Å²) in [5.74, 6) is 0. The van der Waals surface area contributed by atoms with Crippen LogP contribution in [-0.4, -0.2) is 51.6 Å². The molecule has 1 aromatic heterocycles. The van der Waals surface area contributed by atoms with Gasteiger partial charge in [0.2, 0.25) is 0 Å². The predicted molar refractivity (Wildman–Crippen MR) is 83.3 cm³/mol. The van der Waals surface area contributed by atoms with Crippen LogP contribution in [0, 0.1) is 0 Å². The first-order valence-corrected chi connectivity index (χ1v) is 8.91. The molecule has 2 aliphatic heterocycles. The van der Waals surface area contributed by atoms with Crippen LogP contribution in [0.3, 0.4) is 0 Å². The number of hydrogen-bond donors (Lipinski definition) is 0. The van der Waals surface area contributed by atoms with E-state index in [1.807, 2.05) is 0 Å². The summed E-state index contributed by atoms with van der Waals surface area (Å²) < 4.78 is 4.68. The zero-order valence-corrected chi connectivity index (χ0v) is 13.5. The molecule has 6 heteroatoms. The highest BCUT2D eigenvalue weighted by Crippen LogP contribution is 2.23. The molecule has 0 saturated carbocycles. The fourth-order valence-electron chi connectivity index (χ4n) is 3.44. The molecule has 0 amide bonds. The van der Waals surface area contributed by atoms with Crippen LogP contribution in [0.25, 0.3) is 0 Å². The minimum absolute atomic E-state index is 0.729. The van der Waals surface area contributed by atoms with Crippen molar-refractivity contribution in [2.45, 2.75) is 51.1 Å². The van der Waals surface area contributed by atoms with E-state index >= 15 is 0 Å². The van der Waals surface area contributed by atoms with Crippen molar-refractivity contribution < 1.29 is 0 Å². The SMILES string of the molecule is Clc1snnc1CN1CCCC(N2CCCCCC2)C1. The van der Waals surface area contributed by atoms with Gasteiger partial charge >= 0.3 is 0 Å². The Morgan fingerprint density at radius 2 is 1.90 bits per heavy atom. The molecular weight excluding hydrogens is 292 g/mol. The smallest absolute Gasteiger partial charge is 0.138 e. The van der Waals surface area contributed by atoms with Crippen LogP contribution >= 0.6 is 23.1 Å². The molecule has 0 aliphatic carbocycles. The summed E-state index contributed by atoms with van der Waals surface area (Å²) in [6, 6.07) is 0.729. The third-order valence-corrected chi connectivity index (χ3v) is 5.50. The van der Waals surface area contributed by atoms with E-state index in [1.165, 1.54) is 63.1 Å². The van der Waals surface area contributed by atoms with Gasteiger partial charge in [0.05, 0.1) is 0 Å². The van der Waals surface area contributed by atoms with Gasteiger partial charge in [-0.3, -0.25) is 9.80 Å². The zero-order chi connectivity index (χ0) is 13.8. The van der Waals surface area contributed by atoms with Gasteiger partial charge < -0.3 is 0 Å². The Morgan fingerprint density at radius 1 is 1.10 bits per heavy atom. The lowest BCUT2D eigenvalue weighted by molar-refractivity contribution is 0.0949. The molecule has 1 aromatic rings. The molecule has 112 valence electrons. The van der Waals surface area contributed by atoms with E-state index in [-0.39, 0.29) is 0 Å². The molecule has 20 heavy (non-hydrogen) atoms. The van der Waals surface area contributed by atoms with Crippen molar-refractivity contribution in [1.82, 2.24) is 19.4 Å². The Labute approximate surface area is 130 Å². The molecule has 0 radical (unpaired) electrons. The van der Waals surface area contributed by atoms with E-state index in [9.17, 15) is 0 Å². The highest BCUT2D eigenvalue weighted by atomic mass is 35.5. The molecule has 2 fully saturated rings. The van der Waals surface area contributed by atoms with Crippen molar-refractivity contribution in [1.29, 1.82) is 0 Å². The minimum atomic E-state index is 0.729. The average molecular weight is 315 g/mol. The van der Waals surface area contributed by atoms with E-state index in [1.54, 1.807) is 0 Å². The quantitative estimate of drug-likeness (QED) is 0.858. The number of rotatable bonds is 3. The van der Waals surface area contributed by atoms with Crippen molar-refractivity contribution in [3.05, 3.63) is 10.0 Å². The van der Waals surface area contributed by atoms with Gasteiger partial charge in [-0.25, -0.2) is 0 Å². The first kappa shape index (κ1) is 14.7. The molecule has 3 heterocycles. The molecule has 0 aromatic carbocycles. The first-order valence-electron chi connectivity index (χ1n) is 7.76. The monoisotopic (exact) mass is 314 g/mol. The third-order valence-electron chi connectivity index (χ3n) is 4.52. The summed E-state index contributed by atoms with van der Waals surface area (Å²) in [4.78, 5) is 5.22. The highest BCUT2D eigenvalue weighted by molar-refractivity contribution is 7.10. The van der Waals surface area contributed by atoms with Gasteiger partial charge in [-0.1, -0.05) is 28.9 Å². The van der Waals surface area contributed by atoms with Crippen molar-refractivity contribution >= 4 is 23.1 Å². The molecule has 1 atom stereocenters. The van der Waals surface area contributed by atoms with Crippen molar-refractivity contribution in [3.63, 3.8) is 0 Å². The van der Waals surface area contributed by atoms with Crippen molar-refractivity contribution in [2.24, 2.45) is 0 Å². The second-order valence-corrected chi connectivity index (χ2v) is 7.33. The lowest BCUT2D eigenvalue weighted by Gasteiger charge is -2.38. The summed E-state index contributed by atoms with van der Waals surface area (Å²) in [6.07, 6.45) is 8.20. The second-order valence-electron chi connectivity index (χ2n) is 5.97. The van der Waals surface area contributed by atoms with E-state index in [2.05, 4.69) is 19.4 Å². The standard InChI is InChI=1S/C14H23ClN4S/c15-14-13(16-17-20-14)11-18-7-5-6-12(10-18)19-8-3-1-2-4-9-19/h12H,1-11H2. The van der Waals surface area contributed by atoms with Gasteiger partial charge in [-0.05, 0) is 45.3 Å². The largest absolute Gasteiger partial charge is 0.299 e. The normalized spacial score (nSPS) is 26.6. The van der Waals surface area contributed by atoms with Crippen LogP contribution in [0.1, 0.15) is 44.2 Å². The van der Waals surface area contributed by atoms with Crippen LogP contribution in [-0.2, 0) is 6.54 Å². The van der Waals surface area contributed by atoms with E-state index < -0.39 is 0 Å².